The fraction of sp³-hybridized carbons (Fsp3) is 0.179. The maximum Gasteiger partial charge on any atom is 0.267 e. The number of carbonyl (C=O) groups excluding carboxylic acids is 1. The van der Waals surface area contributed by atoms with E-state index in [0.29, 0.717) is 26.7 Å². The summed E-state index contributed by atoms with van der Waals surface area (Å²) in [7, 11) is -3.89. The summed E-state index contributed by atoms with van der Waals surface area (Å²) < 4.78 is 29.1. The number of anilines is 2. The highest BCUT2D eigenvalue weighted by molar-refractivity contribution is 7.99. The van der Waals surface area contributed by atoms with Crippen molar-refractivity contribution in [3.8, 4) is 5.69 Å². The number of fused-ring (bicyclic) bond motifs is 3. The van der Waals surface area contributed by atoms with E-state index in [1.807, 2.05) is 30.3 Å². The lowest BCUT2D eigenvalue weighted by Crippen LogP contribution is -2.23. The average Bonchev–Trinajstić information content (AvgIpc) is 3.36. The summed E-state index contributed by atoms with van der Waals surface area (Å²) in [6.07, 6.45) is 6.88. The van der Waals surface area contributed by atoms with Crippen LogP contribution in [0.5, 0.6) is 0 Å². The summed E-state index contributed by atoms with van der Waals surface area (Å²) >= 11 is 2.75. The largest absolute Gasteiger partial charge is 0.325 e. The zero-order valence-electron chi connectivity index (χ0n) is 21.6. The zero-order chi connectivity index (χ0) is 28.4. The van der Waals surface area contributed by atoms with Crippen LogP contribution in [-0.2, 0) is 27.7 Å². The second-order valence-corrected chi connectivity index (χ2v) is 13.0. The predicted octanol–water partition coefficient (Wildman–Crippen LogP) is 4.65. The van der Waals surface area contributed by atoms with E-state index in [1.165, 1.54) is 53.3 Å². The third-order valence-electron chi connectivity index (χ3n) is 6.54. The third-order valence-corrected chi connectivity index (χ3v) is 10.0. The predicted molar refractivity (Wildman–Crippen MR) is 160 cm³/mol. The van der Waals surface area contributed by atoms with E-state index in [4.69, 9.17) is 4.98 Å². The highest BCUT2D eigenvalue weighted by Crippen LogP contribution is 2.35. The second kappa shape index (κ2) is 11.4. The van der Waals surface area contributed by atoms with Crippen LogP contribution in [0.4, 0.5) is 11.6 Å². The van der Waals surface area contributed by atoms with Gasteiger partial charge in [-0.25, -0.2) is 28.1 Å². The summed E-state index contributed by atoms with van der Waals surface area (Å²) in [5.74, 6) is -0.353. The number of thioether (sulfide) groups is 1. The first-order valence-corrected chi connectivity index (χ1v) is 16.1. The summed E-state index contributed by atoms with van der Waals surface area (Å²) in [5, 5.41) is 3.91. The number of aromatic nitrogens is 4. The van der Waals surface area contributed by atoms with Crippen LogP contribution >= 0.6 is 23.1 Å². The fourth-order valence-electron chi connectivity index (χ4n) is 4.66. The summed E-state index contributed by atoms with van der Waals surface area (Å²) in [6.45, 7) is 0. The molecule has 0 unspecified atom stereocenters. The van der Waals surface area contributed by atoms with Crippen LogP contribution < -0.4 is 15.6 Å². The fourth-order valence-corrected chi connectivity index (χ4v) is 7.74. The van der Waals surface area contributed by atoms with E-state index in [1.54, 1.807) is 22.0 Å². The van der Waals surface area contributed by atoms with Gasteiger partial charge in [-0.2, -0.15) is 0 Å². The molecule has 208 valence electrons. The number of rotatable bonds is 8. The molecule has 13 heteroatoms. The molecule has 41 heavy (non-hydrogen) atoms. The van der Waals surface area contributed by atoms with Gasteiger partial charge in [0.05, 0.1) is 21.7 Å². The Balaban J connectivity index is 1.20. The Morgan fingerprint density at radius 1 is 0.976 bits per heavy atom. The van der Waals surface area contributed by atoms with Gasteiger partial charge in [-0.1, -0.05) is 30.0 Å². The van der Waals surface area contributed by atoms with Gasteiger partial charge < -0.3 is 5.32 Å². The molecule has 0 spiro atoms. The van der Waals surface area contributed by atoms with Gasteiger partial charge in [0, 0.05) is 23.0 Å². The van der Waals surface area contributed by atoms with Crippen molar-refractivity contribution in [2.45, 2.75) is 35.7 Å². The van der Waals surface area contributed by atoms with E-state index in [0.717, 1.165) is 31.2 Å². The van der Waals surface area contributed by atoms with Crippen LogP contribution in [0.1, 0.15) is 23.3 Å². The van der Waals surface area contributed by atoms with Crippen molar-refractivity contribution in [3.63, 3.8) is 0 Å². The first-order chi connectivity index (χ1) is 19.9. The molecule has 2 aromatic carbocycles. The van der Waals surface area contributed by atoms with Crippen molar-refractivity contribution in [1.82, 2.24) is 19.5 Å². The topological polar surface area (TPSA) is 136 Å². The number of carbonyl (C=O) groups is 1. The average molecular weight is 605 g/mol. The minimum Gasteiger partial charge on any atom is -0.325 e. The number of hydrogen-bond acceptors (Lipinski definition) is 9. The van der Waals surface area contributed by atoms with Gasteiger partial charge in [0.25, 0.3) is 15.6 Å². The van der Waals surface area contributed by atoms with Gasteiger partial charge >= 0.3 is 0 Å². The third kappa shape index (κ3) is 5.73. The minimum absolute atomic E-state index is 0.000327. The Labute approximate surface area is 244 Å². The smallest absolute Gasteiger partial charge is 0.267 e. The van der Waals surface area contributed by atoms with Crippen molar-refractivity contribution in [1.29, 1.82) is 0 Å². The number of thiophene rings is 1. The zero-order valence-corrected chi connectivity index (χ0v) is 24.1. The highest BCUT2D eigenvalue weighted by Gasteiger charge is 2.23. The maximum absolute atomic E-state index is 13.8. The number of para-hydroxylation sites is 1. The van der Waals surface area contributed by atoms with Crippen LogP contribution in [0, 0.1) is 0 Å². The van der Waals surface area contributed by atoms with Crippen molar-refractivity contribution in [3.05, 3.63) is 93.9 Å². The lowest BCUT2D eigenvalue weighted by Gasteiger charge is -2.13. The Morgan fingerprint density at radius 2 is 1.71 bits per heavy atom. The summed E-state index contributed by atoms with van der Waals surface area (Å²) in [5.41, 5.74) is 2.12. The van der Waals surface area contributed by atoms with E-state index in [-0.39, 0.29) is 28.1 Å². The van der Waals surface area contributed by atoms with Crippen LogP contribution in [0.25, 0.3) is 15.9 Å². The van der Waals surface area contributed by atoms with Crippen molar-refractivity contribution in [2.24, 2.45) is 0 Å². The summed E-state index contributed by atoms with van der Waals surface area (Å²) in [6, 6.07) is 16.7. The molecule has 0 aliphatic heterocycles. The van der Waals surface area contributed by atoms with Crippen LogP contribution in [0.2, 0.25) is 0 Å². The molecule has 0 fully saturated rings. The molecule has 3 aromatic heterocycles. The first-order valence-electron chi connectivity index (χ1n) is 12.8. The molecule has 2 N–H and O–H groups in total. The lowest BCUT2D eigenvalue weighted by atomic mass is 9.97. The second-order valence-electron chi connectivity index (χ2n) is 9.30. The van der Waals surface area contributed by atoms with Gasteiger partial charge in [-0.15, -0.1) is 11.3 Å². The molecule has 1 aliphatic rings. The van der Waals surface area contributed by atoms with E-state index < -0.39 is 10.0 Å². The SMILES string of the molecule is O=C(CSc1nc2sc3c(c2c(=O)n1-c1ccccc1)CCCC3)Nc1ccc(S(=O)(=O)Nc2ncccn2)cc1. The minimum atomic E-state index is -3.89. The molecular weight excluding hydrogens is 581 g/mol. The Kier molecular flexibility index (Phi) is 7.56. The quantitative estimate of drug-likeness (QED) is 0.193. The molecule has 5 aromatic rings. The first kappa shape index (κ1) is 27.1. The molecule has 0 atom stereocenters. The van der Waals surface area contributed by atoms with E-state index in [2.05, 4.69) is 20.0 Å². The number of nitrogens with one attached hydrogen (secondary N) is 2. The number of benzene rings is 2. The Bertz CT molecular complexity index is 1890. The monoisotopic (exact) mass is 604 g/mol. The van der Waals surface area contributed by atoms with Crippen LogP contribution in [-0.4, -0.2) is 39.6 Å². The van der Waals surface area contributed by atoms with Crippen molar-refractivity contribution >= 4 is 60.9 Å². The molecule has 0 bridgehead atoms. The van der Waals surface area contributed by atoms with Crippen LogP contribution in [0.3, 0.4) is 0 Å². The molecule has 3 heterocycles. The number of nitrogens with zero attached hydrogens (tertiary/aromatic N) is 4. The van der Waals surface area contributed by atoms with Gasteiger partial charge in [0.2, 0.25) is 11.9 Å². The van der Waals surface area contributed by atoms with E-state index >= 15 is 0 Å². The highest BCUT2D eigenvalue weighted by atomic mass is 32.2. The lowest BCUT2D eigenvalue weighted by molar-refractivity contribution is -0.113. The molecule has 10 nitrogen and oxygen atoms in total. The van der Waals surface area contributed by atoms with Crippen molar-refractivity contribution in [2.75, 3.05) is 15.8 Å². The molecule has 0 saturated heterocycles. The number of aryl methyl sites for hydroxylation is 2. The molecule has 0 saturated carbocycles. The van der Waals surface area contributed by atoms with Gasteiger partial charge in [0.1, 0.15) is 4.83 Å². The molecular formula is C28H24N6O4S3. The summed E-state index contributed by atoms with van der Waals surface area (Å²) in [4.78, 5) is 41.2. The molecule has 1 aliphatic carbocycles. The molecule has 6 rings (SSSR count). The number of hydrogen-bond donors (Lipinski definition) is 2. The Morgan fingerprint density at radius 3 is 2.46 bits per heavy atom. The maximum atomic E-state index is 13.8. The Hall–Kier alpha value is -4.07. The molecule has 0 radical (unpaired) electrons. The van der Waals surface area contributed by atoms with Crippen molar-refractivity contribution < 1.29 is 13.2 Å². The molecule has 1 amide bonds. The number of sulfonamides is 1. The number of amides is 1. The standard InChI is InChI=1S/C28H24N6O4S3/c35-23(31-18-11-13-20(14-12-18)41(37,38)33-27-29-15-6-16-30-27)17-39-28-32-25-24(21-9-4-5-10-22(21)40-25)26(36)34(28)19-7-2-1-3-8-19/h1-3,6-8,11-16H,4-5,9-10,17H2,(H,31,35)(H,29,30,33). The van der Waals surface area contributed by atoms with Gasteiger partial charge in [0.15, 0.2) is 5.16 Å². The normalized spacial score (nSPS) is 13.1. The van der Waals surface area contributed by atoms with Gasteiger partial charge in [-0.3, -0.25) is 14.2 Å². The van der Waals surface area contributed by atoms with Crippen LogP contribution in [0.15, 0.2) is 87.9 Å². The van der Waals surface area contributed by atoms with Gasteiger partial charge in [-0.05, 0) is 73.7 Å². The van der Waals surface area contributed by atoms with E-state index in [9.17, 15) is 18.0 Å².